The maximum absolute atomic E-state index is 12.4. The number of benzene rings is 2. The van der Waals surface area contributed by atoms with E-state index in [1.807, 2.05) is 36.4 Å². The van der Waals surface area contributed by atoms with Crippen LogP contribution in [0.25, 0.3) is 6.08 Å². The minimum Gasteiger partial charge on any atom is -0.465 e. The second-order valence-electron chi connectivity index (χ2n) is 6.97. The highest BCUT2D eigenvalue weighted by Gasteiger charge is 2.24. The molecule has 2 unspecified atom stereocenters. The summed E-state index contributed by atoms with van der Waals surface area (Å²) >= 11 is 12.3. The van der Waals surface area contributed by atoms with Crippen molar-refractivity contribution >= 4 is 46.9 Å². The van der Waals surface area contributed by atoms with Crippen LogP contribution in [0, 0.1) is 0 Å². The highest BCUT2D eigenvalue weighted by atomic mass is 35.5. The smallest absolute Gasteiger partial charge is 0.323 e. The molecule has 0 saturated heterocycles. The summed E-state index contributed by atoms with van der Waals surface area (Å²) in [6.45, 7) is 1.95. The number of hydrogen-bond acceptors (Lipinski definition) is 7. The first kappa shape index (κ1) is 24.7. The van der Waals surface area contributed by atoms with Crippen molar-refractivity contribution in [3.05, 3.63) is 88.2 Å². The Morgan fingerprint density at radius 1 is 1.09 bits per heavy atom. The number of nitrogens with zero attached hydrogens (tertiary/aromatic N) is 2. The van der Waals surface area contributed by atoms with Gasteiger partial charge in [-0.15, -0.1) is 0 Å². The first-order chi connectivity index (χ1) is 16.0. The van der Waals surface area contributed by atoms with Crippen molar-refractivity contribution in [1.29, 1.82) is 0 Å². The average Bonchev–Trinajstić information content (AvgIpc) is 2.80. The summed E-state index contributed by atoms with van der Waals surface area (Å²) in [5.74, 6) is 0.0353. The Morgan fingerprint density at radius 3 is 2.39 bits per heavy atom. The maximum atomic E-state index is 12.4. The van der Waals surface area contributed by atoms with Crippen LogP contribution in [0.2, 0.25) is 10.0 Å². The van der Waals surface area contributed by atoms with Crippen LogP contribution in [0.5, 0.6) is 0 Å². The van der Waals surface area contributed by atoms with Gasteiger partial charge >= 0.3 is 5.97 Å². The molecule has 172 valence electrons. The van der Waals surface area contributed by atoms with Crippen LogP contribution in [-0.4, -0.2) is 33.7 Å². The normalized spacial score (nSPS) is 13.0. The van der Waals surface area contributed by atoms with Gasteiger partial charge in [-0.25, -0.2) is 9.97 Å². The van der Waals surface area contributed by atoms with Crippen LogP contribution in [-0.2, 0) is 9.53 Å². The van der Waals surface area contributed by atoms with Crippen LogP contribution < -0.4 is 10.6 Å². The molecule has 0 saturated carbocycles. The lowest BCUT2D eigenvalue weighted by molar-refractivity contribution is -0.146. The molecule has 7 nitrogen and oxygen atoms in total. The number of halogens is 2. The molecule has 3 N–H and O–H groups in total. The number of hydrogen-bond donors (Lipinski definition) is 3. The number of ether oxygens (including phenoxy) is 1. The Morgan fingerprint density at radius 2 is 1.76 bits per heavy atom. The van der Waals surface area contributed by atoms with Crippen LogP contribution >= 0.6 is 23.2 Å². The summed E-state index contributed by atoms with van der Waals surface area (Å²) in [6.07, 6.45) is 6.09. The standard InChI is InChI=1S/C24H24Cl2N4O3/c1-2-33-23(32)20(30-22(31)21-18(25)7-4-8-19(21)26)9-3-6-16-10-12-17(13-11-16)29-24-27-14-5-15-28-24/h3-8,10-15,20,22,30-31H,2,9H2,1H3,(H,27,28,29)/b6-3+. The minimum absolute atomic E-state index is 0.225. The zero-order chi connectivity index (χ0) is 23.6. The van der Waals surface area contributed by atoms with Gasteiger partial charge in [0.1, 0.15) is 12.3 Å². The molecule has 3 rings (SSSR count). The number of anilines is 2. The molecule has 33 heavy (non-hydrogen) atoms. The summed E-state index contributed by atoms with van der Waals surface area (Å²) in [7, 11) is 0. The van der Waals surface area contributed by atoms with Gasteiger partial charge in [0.2, 0.25) is 5.95 Å². The van der Waals surface area contributed by atoms with E-state index in [0.717, 1.165) is 11.3 Å². The molecular formula is C24H24Cl2N4O3. The van der Waals surface area contributed by atoms with Crippen molar-refractivity contribution < 1.29 is 14.6 Å². The lowest BCUT2D eigenvalue weighted by Crippen LogP contribution is -2.40. The van der Waals surface area contributed by atoms with Gasteiger partial charge in [0.15, 0.2) is 0 Å². The zero-order valence-electron chi connectivity index (χ0n) is 17.9. The fourth-order valence-corrected chi connectivity index (χ4v) is 3.64. The molecule has 0 aliphatic heterocycles. The van der Waals surface area contributed by atoms with Crippen LogP contribution in [0.1, 0.15) is 30.7 Å². The van der Waals surface area contributed by atoms with Gasteiger partial charge in [0.05, 0.1) is 6.61 Å². The summed E-state index contributed by atoms with van der Waals surface area (Å²) < 4.78 is 5.14. The number of aliphatic hydroxyl groups excluding tert-OH is 1. The van der Waals surface area contributed by atoms with E-state index < -0.39 is 18.2 Å². The van der Waals surface area contributed by atoms with E-state index in [0.29, 0.717) is 21.6 Å². The van der Waals surface area contributed by atoms with Crippen molar-refractivity contribution in [3.63, 3.8) is 0 Å². The quantitative estimate of drug-likeness (QED) is 0.269. The second-order valence-corrected chi connectivity index (χ2v) is 7.78. The van der Waals surface area contributed by atoms with Crippen molar-refractivity contribution in [2.45, 2.75) is 25.6 Å². The monoisotopic (exact) mass is 486 g/mol. The van der Waals surface area contributed by atoms with Crippen molar-refractivity contribution in [3.8, 4) is 0 Å². The first-order valence-electron chi connectivity index (χ1n) is 10.3. The van der Waals surface area contributed by atoms with Gasteiger partial charge in [0, 0.05) is 33.7 Å². The predicted molar refractivity (Wildman–Crippen MR) is 130 cm³/mol. The second kappa shape index (κ2) is 12.3. The fraction of sp³-hybridized carbons (Fsp3) is 0.208. The number of rotatable bonds is 10. The number of carbonyl (C=O) groups is 1. The predicted octanol–water partition coefficient (Wildman–Crippen LogP) is 5.14. The largest absolute Gasteiger partial charge is 0.465 e. The van der Waals surface area contributed by atoms with Gasteiger partial charge in [-0.3, -0.25) is 10.1 Å². The summed E-state index contributed by atoms with van der Waals surface area (Å²) in [5, 5.41) is 17.2. The Balaban J connectivity index is 1.65. The summed E-state index contributed by atoms with van der Waals surface area (Å²) in [6, 6.07) is 13.5. The van der Waals surface area contributed by atoms with Gasteiger partial charge < -0.3 is 15.2 Å². The third-order valence-electron chi connectivity index (χ3n) is 4.62. The molecule has 0 fully saturated rings. The highest BCUT2D eigenvalue weighted by Crippen LogP contribution is 2.29. The Kier molecular flexibility index (Phi) is 9.21. The summed E-state index contributed by atoms with van der Waals surface area (Å²) in [5.41, 5.74) is 2.10. The lowest BCUT2D eigenvalue weighted by atomic mass is 10.1. The van der Waals surface area contributed by atoms with Crippen molar-refractivity contribution in [2.24, 2.45) is 0 Å². The maximum Gasteiger partial charge on any atom is 0.323 e. The van der Waals surface area contributed by atoms with Gasteiger partial charge in [-0.2, -0.15) is 0 Å². The first-order valence-corrected chi connectivity index (χ1v) is 11.1. The van der Waals surface area contributed by atoms with E-state index in [1.165, 1.54) is 0 Å². The third-order valence-corrected chi connectivity index (χ3v) is 5.28. The van der Waals surface area contributed by atoms with Crippen LogP contribution in [0.3, 0.4) is 0 Å². The van der Waals surface area contributed by atoms with E-state index in [4.69, 9.17) is 27.9 Å². The molecule has 0 amide bonds. The molecule has 0 aliphatic rings. The Hall–Kier alpha value is -2.97. The van der Waals surface area contributed by atoms with Crippen molar-refractivity contribution in [2.75, 3.05) is 11.9 Å². The topological polar surface area (TPSA) is 96.4 Å². The van der Waals surface area contributed by atoms with Gasteiger partial charge in [-0.05, 0) is 49.2 Å². The van der Waals surface area contributed by atoms with E-state index in [-0.39, 0.29) is 13.0 Å². The van der Waals surface area contributed by atoms with Gasteiger partial charge in [0.25, 0.3) is 0 Å². The Labute approximate surface area is 202 Å². The van der Waals surface area contributed by atoms with Crippen LogP contribution in [0.4, 0.5) is 11.6 Å². The number of nitrogens with one attached hydrogen (secondary N) is 2. The SMILES string of the molecule is CCOC(=O)C(C/C=C/c1ccc(Nc2ncccn2)cc1)NC(O)c1c(Cl)cccc1Cl. The molecule has 1 aromatic heterocycles. The molecule has 2 atom stereocenters. The average molecular weight is 487 g/mol. The molecule has 3 aromatic rings. The highest BCUT2D eigenvalue weighted by molar-refractivity contribution is 6.36. The number of carbonyl (C=O) groups excluding carboxylic acids is 1. The minimum atomic E-state index is -1.24. The third kappa shape index (κ3) is 7.27. The molecule has 0 radical (unpaired) electrons. The number of aromatic nitrogens is 2. The molecule has 1 heterocycles. The van der Waals surface area contributed by atoms with Gasteiger partial charge in [-0.1, -0.05) is 53.6 Å². The molecule has 0 bridgehead atoms. The molecular weight excluding hydrogens is 463 g/mol. The van der Waals surface area contributed by atoms with Crippen molar-refractivity contribution in [1.82, 2.24) is 15.3 Å². The number of esters is 1. The van der Waals surface area contributed by atoms with Crippen LogP contribution in [0.15, 0.2) is 67.0 Å². The zero-order valence-corrected chi connectivity index (χ0v) is 19.4. The molecule has 0 aliphatic carbocycles. The summed E-state index contributed by atoms with van der Waals surface area (Å²) in [4.78, 5) is 20.7. The van der Waals surface area contributed by atoms with E-state index in [9.17, 15) is 9.90 Å². The fourth-order valence-electron chi connectivity index (χ4n) is 3.03. The number of aliphatic hydroxyl groups is 1. The Bertz CT molecular complexity index is 1060. The molecule has 2 aromatic carbocycles. The van der Waals surface area contributed by atoms with E-state index in [2.05, 4.69) is 20.6 Å². The van der Waals surface area contributed by atoms with E-state index in [1.54, 1.807) is 43.6 Å². The molecule has 9 heteroatoms. The molecule has 0 spiro atoms. The van der Waals surface area contributed by atoms with E-state index >= 15 is 0 Å². The lowest BCUT2D eigenvalue weighted by Gasteiger charge is -2.22.